The molecule has 0 saturated carbocycles. The number of ether oxygens (including phenoxy) is 1. The first kappa shape index (κ1) is 21.2. The van der Waals surface area contributed by atoms with Gasteiger partial charge in [0.2, 0.25) is 0 Å². The number of thiazole rings is 1. The van der Waals surface area contributed by atoms with E-state index >= 15 is 0 Å². The average Bonchev–Trinajstić information content (AvgIpc) is 3.36. The quantitative estimate of drug-likeness (QED) is 0.554. The number of carbonyl (C=O) groups is 1. The molecule has 4 rings (SSSR count). The van der Waals surface area contributed by atoms with E-state index in [4.69, 9.17) is 4.74 Å². The van der Waals surface area contributed by atoms with Crippen LogP contribution in [0.25, 0.3) is 12.2 Å². The van der Waals surface area contributed by atoms with Gasteiger partial charge in [-0.3, -0.25) is 9.36 Å². The second-order valence-corrected chi connectivity index (χ2v) is 9.33. The monoisotopic (exact) mass is 450 g/mol. The second-order valence-electron chi connectivity index (χ2n) is 7.34. The Morgan fingerprint density at radius 2 is 1.97 bits per heavy atom. The molecule has 0 saturated heterocycles. The first-order valence-corrected chi connectivity index (χ1v) is 11.6. The molecular formula is C24H22N2O3S2. The maximum absolute atomic E-state index is 13.3. The third-order valence-electron chi connectivity index (χ3n) is 4.73. The lowest BCUT2D eigenvalue weighted by molar-refractivity contribution is -0.143. The van der Waals surface area contributed by atoms with E-state index in [2.05, 4.69) is 4.99 Å². The minimum Gasteiger partial charge on any atom is -0.459 e. The maximum atomic E-state index is 13.3. The fourth-order valence-corrected chi connectivity index (χ4v) is 5.22. The Morgan fingerprint density at radius 1 is 1.19 bits per heavy atom. The molecule has 2 aromatic heterocycles. The van der Waals surface area contributed by atoms with E-state index in [0.29, 0.717) is 20.6 Å². The summed E-state index contributed by atoms with van der Waals surface area (Å²) in [7, 11) is 0. The lowest BCUT2D eigenvalue weighted by atomic mass is 10.0. The number of rotatable bonds is 5. The number of hydrogen-bond acceptors (Lipinski definition) is 6. The molecule has 0 bridgehead atoms. The Kier molecular flexibility index (Phi) is 6.15. The summed E-state index contributed by atoms with van der Waals surface area (Å²) in [6.07, 6.45) is 5.35. The number of carbonyl (C=O) groups excluding carboxylic acids is 1. The lowest BCUT2D eigenvalue weighted by Crippen LogP contribution is -2.39. The van der Waals surface area contributed by atoms with Gasteiger partial charge in [-0.1, -0.05) is 59.9 Å². The van der Waals surface area contributed by atoms with Crippen LogP contribution in [0.5, 0.6) is 0 Å². The van der Waals surface area contributed by atoms with Crippen LogP contribution < -0.4 is 14.9 Å². The summed E-state index contributed by atoms with van der Waals surface area (Å²) in [4.78, 5) is 32.3. The fourth-order valence-electron chi connectivity index (χ4n) is 3.40. The first-order chi connectivity index (χ1) is 15.0. The number of allylic oxidation sites excluding steroid dienone is 2. The average molecular weight is 451 g/mol. The van der Waals surface area contributed by atoms with Gasteiger partial charge in [-0.25, -0.2) is 9.79 Å². The van der Waals surface area contributed by atoms with Gasteiger partial charge in [0, 0.05) is 4.88 Å². The summed E-state index contributed by atoms with van der Waals surface area (Å²) >= 11 is 2.83. The zero-order chi connectivity index (χ0) is 22.0. The normalized spacial score (nSPS) is 16.6. The van der Waals surface area contributed by atoms with E-state index in [-0.39, 0.29) is 11.7 Å². The van der Waals surface area contributed by atoms with Crippen molar-refractivity contribution in [3.05, 3.63) is 95.3 Å². The highest BCUT2D eigenvalue weighted by Crippen LogP contribution is 2.33. The summed E-state index contributed by atoms with van der Waals surface area (Å²) in [6.45, 7) is 5.41. The molecule has 0 aliphatic carbocycles. The molecule has 1 aromatic carbocycles. The maximum Gasteiger partial charge on any atom is 0.338 e. The van der Waals surface area contributed by atoms with Gasteiger partial charge < -0.3 is 4.74 Å². The standard InChI is InChI=1S/C24H22N2O3S2/c1-15(2)29-23(28)20-16(3)25-24-26(21(20)18-13-8-14-30-18)22(27)19(31-24)12-7-11-17-9-5-4-6-10-17/h4-15,21H,1-3H3. The van der Waals surface area contributed by atoms with Crippen molar-refractivity contribution in [2.75, 3.05) is 0 Å². The van der Waals surface area contributed by atoms with Gasteiger partial charge in [-0.2, -0.15) is 0 Å². The van der Waals surface area contributed by atoms with Crippen LogP contribution in [-0.2, 0) is 9.53 Å². The summed E-state index contributed by atoms with van der Waals surface area (Å²) < 4.78 is 7.66. The molecule has 31 heavy (non-hydrogen) atoms. The van der Waals surface area contributed by atoms with Crippen molar-refractivity contribution >= 4 is 40.8 Å². The molecule has 1 unspecified atom stereocenters. The molecule has 0 fully saturated rings. The predicted molar refractivity (Wildman–Crippen MR) is 126 cm³/mol. The number of hydrogen-bond donors (Lipinski definition) is 0. The highest BCUT2D eigenvalue weighted by Gasteiger charge is 2.34. The van der Waals surface area contributed by atoms with E-state index in [9.17, 15) is 9.59 Å². The number of esters is 1. The topological polar surface area (TPSA) is 60.7 Å². The number of fused-ring (bicyclic) bond motifs is 1. The van der Waals surface area contributed by atoms with Gasteiger partial charge in [0.25, 0.3) is 5.56 Å². The van der Waals surface area contributed by atoms with E-state index in [1.807, 2.05) is 73.8 Å². The number of thiophene rings is 1. The Labute approximate surface area is 188 Å². The van der Waals surface area contributed by atoms with E-state index in [1.165, 1.54) is 22.7 Å². The van der Waals surface area contributed by atoms with Gasteiger partial charge in [0.15, 0.2) is 4.80 Å². The lowest BCUT2D eigenvalue weighted by Gasteiger charge is -2.24. The molecule has 0 N–H and O–H groups in total. The van der Waals surface area contributed by atoms with Gasteiger partial charge in [-0.15, -0.1) is 11.3 Å². The van der Waals surface area contributed by atoms with Crippen molar-refractivity contribution in [2.45, 2.75) is 32.9 Å². The molecule has 0 radical (unpaired) electrons. The largest absolute Gasteiger partial charge is 0.459 e. The third kappa shape index (κ3) is 4.38. The Balaban J connectivity index is 1.82. The Hall–Kier alpha value is -3.03. The third-order valence-corrected chi connectivity index (χ3v) is 6.66. The van der Waals surface area contributed by atoms with E-state index in [1.54, 1.807) is 17.6 Å². The van der Waals surface area contributed by atoms with Crippen molar-refractivity contribution in [1.29, 1.82) is 0 Å². The zero-order valence-corrected chi connectivity index (χ0v) is 19.1. The molecule has 0 spiro atoms. The summed E-state index contributed by atoms with van der Waals surface area (Å²) in [6, 6.07) is 13.2. The van der Waals surface area contributed by atoms with Crippen LogP contribution in [-0.4, -0.2) is 16.6 Å². The first-order valence-electron chi connectivity index (χ1n) is 9.94. The minimum atomic E-state index is -0.539. The molecule has 7 heteroatoms. The van der Waals surface area contributed by atoms with E-state index < -0.39 is 12.0 Å². The smallest absolute Gasteiger partial charge is 0.338 e. The van der Waals surface area contributed by atoms with Crippen LogP contribution >= 0.6 is 22.7 Å². The predicted octanol–water partition coefficient (Wildman–Crippen LogP) is 3.91. The highest BCUT2D eigenvalue weighted by molar-refractivity contribution is 7.10. The van der Waals surface area contributed by atoms with Crippen molar-refractivity contribution in [2.24, 2.45) is 4.99 Å². The van der Waals surface area contributed by atoms with E-state index in [0.717, 1.165) is 10.4 Å². The van der Waals surface area contributed by atoms with Crippen molar-refractivity contribution < 1.29 is 9.53 Å². The number of aromatic nitrogens is 1. The van der Waals surface area contributed by atoms with Crippen molar-refractivity contribution in [3.8, 4) is 0 Å². The van der Waals surface area contributed by atoms with Crippen LogP contribution in [0, 0.1) is 0 Å². The molecule has 1 aliphatic heterocycles. The number of benzene rings is 1. The van der Waals surface area contributed by atoms with Crippen LogP contribution in [0.4, 0.5) is 0 Å². The minimum absolute atomic E-state index is 0.165. The summed E-state index contributed by atoms with van der Waals surface area (Å²) in [5.41, 5.74) is 1.88. The van der Waals surface area contributed by atoms with Crippen LogP contribution in [0.3, 0.4) is 0 Å². The fraction of sp³-hybridized carbons (Fsp3) is 0.208. The summed E-state index contributed by atoms with van der Waals surface area (Å²) in [5, 5.41) is 1.94. The van der Waals surface area contributed by atoms with Crippen LogP contribution in [0.15, 0.2) is 75.0 Å². The molecule has 158 valence electrons. The SMILES string of the molecule is CC1=C(C(=O)OC(C)C)C(c2cccs2)n2c(sc(=CC=Cc3ccccc3)c2=O)=N1. The van der Waals surface area contributed by atoms with Crippen molar-refractivity contribution in [1.82, 2.24) is 4.57 Å². The number of nitrogens with zero attached hydrogens (tertiary/aromatic N) is 2. The molecule has 1 atom stereocenters. The molecule has 5 nitrogen and oxygen atoms in total. The molecule has 3 aromatic rings. The van der Waals surface area contributed by atoms with Crippen molar-refractivity contribution in [3.63, 3.8) is 0 Å². The Morgan fingerprint density at radius 3 is 2.65 bits per heavy atom. The van der Waals surface area contributed by atoms with Gasteiger partial charge in [0.1, 0.15) is 6.04 Å². The summed E-state index contributed by atoms with van der Waals surface area (Å²) in [5.74, 6) is -0.437. The molecule has 1 aliphatic rings. The molecule has 3 heterocycles. The second kappa shape index (κ2) is 8.99. The van der Waals surface area contributed by atoms with Crippen LogP contribution in [0.2, 0.25) is 0 Å². The molecular weight excluding hydrogens is 428 g/mol. The zero-order valence-electron chi connectivity index (χ0n) is 17.4. The molecule has 0 amide bonds. The van der Waals surface area contributed by atoms with Gasteiger partial charge >= 0.3 is 5.97 Å². The Bertz CT molecular complexity index is 1330. The van der Waals surface area contributed by atoms with Gasteiger partial charge in [0.05, 0.1) is 21.9 Å². The highest BCUT2D eigenvalue weighted by atomic mass is 32.1. The van der Waals surface area contributed by atoms with Gasteiger partial charge in [-0.05, 0) is 43.9 Å². The van der Waals surface area contributed by atoms with Crippen LogP contribution in [0.1, 0.15) is 37.3 Å².